The summed E-state index contributed by atoms with van der Waals surface area (Å²) in [6.07, 6.45) is 1.57. The number of hydrogen-bond donors (Lipinski definition) is 1. The van der Waals surface area contributed by atoms with E-state index in [4.69, 9.17) is 27.9 Å². The maximum Gasteiger partial charge on any atom is 0.277 e. The number of benzene rings is 1. The molecule has 7 heteroatoms. The fourth-order valence-corrected chi connectivity index (χ4v) is 2.35. The molecule has 0 bridgehead atoms. The molecule has 104 valence electrons. The molecule has 0 radical (unpaired) electrons. The predicted molar refractivity (Wildman–Crippen MR) is 82.0 cm³/mol. The minimum Gasteiger partial charge on any atom is -0.482 e. The highest BCUT2D eigenvalue weighted by Crippen LogP contribution is 2.27. The minimum atomic E-state index is -0.371. The van der Waals surface area contributed by atoms with E-state index in [9.17, 15) is 4.79 Å². The lowest BCUT2D eigenvalue weighted by Gasteiger charge is -2.06. The van der Waals surface area contributed by atoms with Crippen molar-refractivity contribution in [2.75, 3.05) is 6.61 Å². The second-order valence-corrected chi connectivity index (χ2v) is 5.49. The van der Waals surface area contributed by atoms with Gasteiger partial charge < -0.3 is 4.74 Å². The van der Waals surface area contributed by atoms with E-state index >= 15 is 0 Å². The zero-order valence-corrected chi connectivity index (χ0v) is 12.5. The molecule has 20 heavy (non-hydrogen) atoms. The highest BCUT2D eigenvalue weighted by atomic mass is 35.5. The Balaban J connectivity index is 1.80. The van der Waals surface area contributed by atoms with Crippen LogP contribution in [0.3, 0.4) is 0 Å². The summed E-state index contributed by atoms with van der Waals surface area (Å²) in [5, 5.41) is 6.60. The van der Waals surface area contributed by atoms with E-state index in [1.54, 1.807) is 24.4 Å². The molecule has 0 fully saturated rings. The second-order valence-electron chi connectivity index (χ2n) is 3.67. The van der Waals surface area contributed by atoms with Crippen molar-refractivity contribution >= 4 is 46.7 Å². The van der Waals surface area contributed by atoms with Crippen LogP contribution in [0.1, 0.15) is 4.88 Å². The first-order valence-electron chi connectivity index (χ1n) is 5.58. The van der Waals surface area contributed by atoms with Gasteiger partial charge >= 0.3 is 0 Å². The number of hydrogen-bond acceptors (Lipinski definition) is 4. The van der Waals surface area contributed by atoms with Crippen LogP contribution >= 0.6 is 34.5 Å². The van der Waals surface area contributed by atoms with Gasteiger partial charge in [0.2, 0.25) is 0 Å². The first kappa shape index (κ1) is 14.8. The van der Waals surface area contributed by atoms with Crippen LogP contribution in [0, 0.1) is 0 Å². The number of thiophene rings is 1. The first-order valence-corrected chi connectivity index (χ1v) is 7.22. The van der Waals surface area contributed by atoms with Gasteiger partial charge in [0.25, 0.3) is 5.91 Å². The lowest BCUT2D eigenvalue weighted by atomic mass is 10.3. The number of rotatable bonds is 5. The van der Waals surface area contributed by atoms with Crippen LogP contribution in [-0.2, 0) is 4.79 Å². The van der Waals surface area contributed by atoms with E-state index in [1.165, 1.54) is 11.3 Å². The van der Waals surface area contributed by atoms with Crippen LogP contribution in [0.25, 0.3) is 0 Å². The molecule has 2 rings (SSSR count). The summed E-state index contributed by atoms with van der Waals surface area (Å²) >= 11 is 13.2. The zero-order valence-electron chi connectivity index (χ0n) is 10.2. The number of amides is 1. The number of hydrazone groups is 1. The lowest BCUT2D eigenvalue weighted by Crippen LogP contribution is -2.24. The van der Waals surface area contributed by atoms with E-state index in [1.807, 2.05) is 17.5 Å². The number of carbonyl (C=O) groups excluding carboxylic acids is 1. The molecule has 1 N–H and O–H groups in total. The fraction of sp³-hybridized carbons (Fsp3) is 0.0769. The van der Waals surface area contributed by atoms with E-state index in [0.717, 1.165) is 4.88 Å². The van der Waals surface area contributed by atoms with Gasteiger partial charge in [0.15, 0.2) is 6.61 Å². The summed E-state index contributed by atoms with van der Waals surface area (Å²) in [5.41, 5.74) is 2.37. The van der Waals surface area contributed by atoms with Crippen molar-refractivity contribution < 1.29 is 9.53 Å². The highest BCUT2D eigenvalue weighted by molar-refractivity contribution is 7.11. The SMILES string of the molecule is O=C(COc1ccc(Cl)cc1Cl)NN=Cc1cccs1. The standard InChI is InChI=1S/C13H10Cl2N2O2S/c14-9-3-4-12(11(15)6-9)19-8-13(18)17-16-7-10-2-1-5-20-10/h1-7H,8H2,(H,17,18). The molecule has 1 aromatic carbocycles. The van der Waals surface area contributed by atoms with Crippen LogP contribution in [0.4, 0.5) is 0 Å². The summed E-state index contributed by atoms with van der Waals surface area (Å²) in [6.45, 7) is -0.177. The van der Waals surface area contributed by atoms with Crippen LogP contribution < -0.4 is 10.2 Å². The number of carbonyl (C=O) groups is 1. The molecule has 4 nitrogen and oxygen atoms in total. The third kappa shape index (κ3) is 4.52. The van der Waals surface area contributed by atoms with Crippen molar-refractivity contribution in [3.05, 3.63) is 50.6 Å². The van der Waals surface area contributed by atoms with Crippen LogP contribution in [-0.4, -0.2) is 18.7 Å². The molecule has 0 aliphatic rings. The first-order chi connectivity index (χ1) is 9.65. The molecular weight excluding hydrogens is 319 g/mol. The Kier molecular flexibility index (Phi) is 5.40. The average Bonchev–Trinajstić information content (AvgIpc) is 2.91. The normalized spacial score (nSPS) is 10.7. The van der Waals surface area contributed by atoms with Crippen LogP contribution in [0.5, 0.6) is 5.75 Å². The topological polar surface area (TPSA) is 50.7 Å². The Hall–Kier alpha value is -1.56. The Morgan fingerprint density at radius 2 is 2.25 bits per heavy atom. The van der Waals surface area contributed by atoms with Crippen molar-refractivity contribution in [3.63, 3.8) is 0 Å². The summed E-state index contributed by atoms with van der Waals surface area (Å²) in [7, 11) is 0. The Bertz CT molecular complexity index is 615. The third-order valence-corrected chi connectivity index (χ3v) is 3.51. The molecule has 1 aromatic heterocycles. The van der Waals surface area contributed by atoms with Gasteiger partial charge in [-0.3, -0.25) is 4.79 Å². The molecule has 0 saturated carbocycles. The fourth-order valence-electron chi connectivity index (χ4n) is 1.30. The van der Waals surface area contributed by atoms with Crippen molar-refractivity contribution in [2.24, 2.45) is 5.10 Å². The maximum absolute atomic E-state index is 11.5. The van der Waals surface area contributed by atoms with Gasteiger partial charge in [-0.2, -0.15) is 5.10 Å². The van der Waals surface area contributed by atoms with Gasteiger partial charge in [-0.05, 0) is 29.6 Å². The highest BCUT2D eigenvalue weighted by Gasteiger charge is 2.05. The van der Waals surface area contributed by atoms with Crippen LogP contribution in [0.15, 0.2) is 40.8 Å². The van der Waals surface area contributed by atoms with Crippen LogP contribution in [0.2, 0.25) is 10.0 Å². The molecular formula is C13H10Cl2N2O2S. The molecule has 0 atom stereocenters. The smallest absolute Gasteiger partial charge is 0.277 e. The van der Waals surface area contributed by atoms with Crippen molar-refractivity contribution in [3.8, 4) is 5.75 Å². The quantitative estimate of drug-likeness (QED) is 0.673. The van der Waals surface area contributed by atoms with Gasteiger partial charge in [0, 0.05) is 9.90 Å². The molecule has 0 aliphatic carbocycles. The predicted octanol–water partition coefficient (Wildman–Crippen LogP) is 3.58. The maximum atomic E-state index is 11.5. The molecule has 0 unspecified atom stereocenters. The average molecular weight is 329 g/mol. The van der Waals surface area contributed by atoms with Gasteiger partial charge in [0.1, 0.15) is 5.75 Å². The zero-order chi connectivity index (χ0) is 14.4. The van der Waals surface area contributed by atoms with E-state index < -0.39 is 0 Å². The van der Waals surface area contributed by atoms with Gasteiger partial charge in [0.05, 0.1) is 11.2 Å². The number of halogens is 2. The number of nitrogens with one attached hydrogen (secondary N) is 1. The summed E-state index contributed by atoms with van der Waals surface area (Å²) in [5.74, 6) is 0.0253. The molecule has 0 spiro atoms. The lowest BCUT2D eigenvalue weighted by molar-refractivity contribution is -0.123. The van der Waals surface area contributed by atoms with Gasteiger partial charge in [-0.15, -0.1) is 11.3 Å². The van der Waals surface area contributed by atoms with Crippen molar-refractivity contribution in [1.29, 1.82) is 0 Å². The Labute approximate surface area is 130 Å². The Morgan fingerprint density at radius 3 is 2.95 bits per heavy atom. The monoisotopic (exact) mass is 328 g/mol. The Morgan fingerprint density at radius 1 is 1.40 bits per heavy atom. The van der Waals surface area contributed by atoms with Crippen molar-refractivity contribution in [2.45, 2.75) is 0 Å². The summed E-state index contributed by atoms with van der Waals surface area (Å²) in [6, 6.07) is 8.58. The molecule has 2 aromatic rings. The van der Waals surface area contributed by atoms with E-state index in [2.05, 4.69) is 10.5 Å². The molecule has 0 aliphatic heterocycles. The van der Waals surface area contributed by atoms with E-state index in [-0.39, 0.29) is 12.5 Å². The summed E-state index contributed by atoms with van der Waals surface area (Å²) in [4.78, 5) is 12.5. The van der Waals surface area contributed by atoms with Crippen molar-refractivity contribution in [1.82, 2.24) is 5.43 Å². The van der Waals surface area contributed by atoms with E-state index in [0.29, 0.717) is 15.8 Å². The molecule has 0 saturated heterocycles. The van der Waals surface area contributed by atoms with Gasteiger partial charge in [-0.1, -0.05) is 29.3 Å². The molecule has 1 amide bonds. The second kappa shape index (κ2) is 7.28. The minimum absolute atomic E-state index is 0.177. The largest absolute Gasteiger partial charge is 0.482 e. The number of nitrogens with zero attached hydrogens (tertiary/aromatic N) is 1. The molecule has 1 heterocycles. The summed E-state index contributed by atoms with van der Waals surface area (Å²) < 4.78 is 5.27. The van der Waals surface area contributed by atoms with Gasteiger partial charge in [-0.25, -0.2) is 5.43 Å². The number of ether oxygens (including phenoxy) is 1. The third-order valence-electron chi connectivity index (χ3n) is 2.18.